The molecular weight excluding hydrogens is 240 g/mol. The van der Waals surface area contributed by atoms with Crippen molar-refractivity contribution in [3.63, 3.8) is 0 Å². The van der Waals surface area contributed by atoms with E-state index in [0.717, 1.165) is 18.6 Å². The maximum absolute atomic E-state index is 9.98. The van der Waals surface area contributed by atoms with Crippen LogP contribution in [-0.2, 0) is 0 Å². The summed E-state index contributed by atoms with van der Waals surface area (Å²) in [6, 6.07) is 7.72. The molecule has 1 rings (SSSR count). The number of ether oxygens (including phenoxy) is 1. The highest BCUT2D eigenvalue weighted by Crippen LogP contribution is 2.13. The quantitative estimate of drug-likeness (QED) is 0.708. The smallest absolute Gasteiger partial charge is 0.119 e. The minimum absolute atomic E-state index is 0.300. The van der Waals surface area contributed by atoms with E-state index in [1.54, 1.807) is 12.1 Å². The molecule has 0 fully saturated rings. The first-order valence-electron chi connectivity index (χ1n) is 6.93. The van der Waals surface area contributed by atoms with Crippen molar-refractivity contribution in [2.75, 3.05) is 25.9 Å². The second-order valence-corrected chi connectivity index (χ2v) is 4.94. The molecule has 0 aliphatic carbocycles. The number of rotatable bonds is 8. The Balaban J connectivity index is 2.34. The summed E-state index contributed by atoms with van der Waals surface area (Å²) in [5.74, 6) is 0.735. The molecule has 4 heteroatoms. The number of benzene rings is 1. The Hall–Kier alpha value is -1.26. The Morgan fingerprint density at radius 2 is 1.79 bits per heavy atom. The number of nitrogens with two attached hydrogens (primary N) is 1. The van der Waals surface area contributed by atoms with E-state index >= 15 is 0 Å². The zero-order valence-corrected chi connectivity index (χ0v) is 12.2. The summed E-state index contributed by atoms with van der Waals surface area (Å²) in [6.45, 7) is 5.26. The number of hydrogen-bond acceptors (Lipinski definition) is 4. The predicted molar refractivity (Wildman–Crippen MR) is 79.4 cm³/mol. The number of aliphatic hydroxyl groups excluding tert-OH is 1. The average molecular weight is 266 g/mol. The average Bonchev–Trinajstić information content (AvgIpc) is 2.39. The lowest BCUT2D eigenvalue weighted by molar-refractivity contribution is 0.0616. The van der Waals surface area contributed by atoms with Crippen molar-refractivity contribution in [3.05, 3.63) is 24.3 Å². The Morgan fingerprint density at radius 1 is 1.21 bits per heavy atom. The summed E-state index contributed by atoms with van der Waals surface area (Å²) < 4.78 is 5.54. The van der Waals surface area contributed by atoms with E-state index in [-0.39, 0.29) is 0 Å². The first kappa shape index (κ1) is 15.8. The topological polar surface area (TPSA) is 58.7 Å². The summed E-state index contributed by atoms with van der Waals surface area (Å²) in [6.07, 6.45) is 1.71. The Morgan fingerprint density at radius 3 is 2.32 bits per heavy atom. The van der Waals surface area contributed by atoms with E-state index in [1.165, 1.54) is 0 Å². The van der Waals surface area contributed by atoms with Crippen molar-refractivity contribution >= 4 is 5.69 Å². The van der Waals surface area contributed by atoms with Crippen LogP contribution in [0.4, 0.5) is 5.69 Å². The molecule has 0 aliphatic rings. The zero-order chi connectivity index (χ0) is 14.3. The van der Waals surface area contributed by atoms with Crippen LogP contribution in [0, 0.1) is 0 Å². The number of anilines is 1. The van der Waals surface area contributed by atoms with Crippen LogP contribution in [0.3, 0.4) is 0 Å². The Kier molecular flexibility index (Phi) is 6.67. The largest absolute Gasteiger partial charge is 0.491 e. The standard InChI is InChI=1S/C15H26N2O2/c1-4-13(5-2)17(3)10-14(18)11-19-15-8-6-12(16)7-9-15/h6-9,13-14,18H,4-5,10-11,16H2,1-3H3. The molecule has 0 aliphatic heterocycles. The third-order valence-corrected chi connectivity index (χ3v) is 3.39. The van der Waals surface area contributed by atoms with Gasteiger partial charge in [0, 0.05) is 18.3 Å². The van der Waals surface area contributed by atoms with Crippen LogP contribution >= 0.6 is 0 Å². The monoisotopic (exact) mass is 266 g/mol. The van der Waals surface area contributed by atoms with Crippen molar-refractivity contribution in [2.45, 2.75) is 38.8 Å². The van der Waals surface area contributed by atoms with Crippen molar-refractivity contribution in [3.8, 4) is 5.75 Å². The molecule has 3 N–H and O–H groups in total. The lowest BCUT2D eigenvalue weighted by Gasteiger charge is -2.28. The van der Waals surface area contributed by atoms with Gasteiger partial charge in [-0.15, -0.1) is 0 Å². The molecule has 0 spiro atoms. The van der Waals surface area contributed by atoms with Crippen LogP contribution in [0.1, 0.15) is 26.7 Å². The fraction of sp³-hybridized carbons (Fsp3) is 0.600. The number of hydrogen-bond donors (Lipinski definition) is 2. The van der Waals surface area contributed by atoms with E-state index in [9.17, 15) is 5.11 Å². The Bertz CT molecular complexity index is 350. The molecule has 0 bridgehead atoms. The van der Waals surface area contributed by atoms with Gasteiger partial charge in [0.2, 0.25) is 0 Å². The van der Waals surface area contributed by atoms with Crippen molar-refractivity contribution in [1.82, 2.24) is 4.90 Å². The first-order valence-corrected chi connectivity index (χ1v) is 6.93. The van der Waals surface area contributed by atoms with Gasteiger partial charge in [-0.2, -0.15) is 0 Å². The van der Waals surface area contributed by atoms with Gasteiger partial charge in [0.1, 0.15) is 18.5 Å². The lowest BCUT2D eigenvalue weighted by Crippen LogP contribution is -2.39. The van der Waals surface area contributed by atoms with E-state index in [0.29, 0.717) is 24.9 Å². The van der Waals surface area contributed by atoms with Crippen LogP contribution in [-0.4, -0.2) is 42.4 Å². The summed E-state index contributed by atoms with van der Waals surface area (Å²) in [4.78, 5) is 2.19. The summed E-state index contributed by atoms with van der Waals surface area (Å²) in [7, 11) is 2.05. The highest BCUT2D eigenvalue weighted by Gasteiger charge is 2.15. The molecule has 0 heterocycles. The Labute approximate surface area is 116 Å². The second-order valence-electron chi connectivity index (χ2n) is 4.94. The maximum atomic E-state index is 9.98. The molecule has 19 heavy (non-hydrogen) atoms. The summed E-state index contributed by atoms with van der Waals surface area (Å²) in [5, 5.41) is 9.98. The molecule has 1 aromatic carbocycles. The van der Waals surface area contributed by atoms with Gasteiger partial charge >= 0.3 is 0 Å². The predicted octanol–water partition coefficient (Wildman–Crippen LogP) is 2.13. The molecule has 0 saturated heterocycles. The highest BCUT2D eigenvalue weighted by molar-refractivity contribution is 5.41. The van der Waals surface area contributed by atoms with Gasteiger partial charge in [0.05, 0.1) is 0 Å². The van der Waals surface area contributed by atoms with Gasteiger partial charge in [0.25, 0.3) is 0 Å². The van der Waals surface area contributed by atoms with Crippen molar-refractivity contribution < 1.29 is 9.84 Å². The number of nitrogens with zero attached hydrogens (tertiary/aromatic N) is 1. The lowest BCUT2D eigenvalue weighted by atomic mass is 10.1. The van der Waals surface area contributed by atoms with E-state index in [1.807, 2.05) is 19.2 Å². The molecule has 0 aromatic heterocycles. The fourth-order valence-electron chi connectivity index (χ4n) is 2.20. The SMILES string of the molecule is CCC(CC)N(C)CC(O)COc1ccc(N)cc1. The van der Waals surface area contributed by atoms with Gasteiger partial charge in [-0.1, -0.05) is 13.8 Å². The highest BCUT2D eigenvalue weighted by atomic mass is 16.5. The first-order chi connectivity index (χ1) is 9.06. The number of nitrogen functional groups attached to an aromatic ring is 1. The third-order valence-electron chi connectivity index (χ3n) is 3.39. The van der Waals surface area contributed by atoms with E-state index in [4.69, 9.17) is 10.5 Å². The minimum atomic E-state index is -0.483. The summed E-state index contributed by atoms with van der Waals surface area (Å²) in [5.41, 5.74) is 6.31. The molecule has 1 atom stereocenters. The van der Waals surface area contributed by atoms with Crippen LogP contribution < -0.4 is 10.5 Å². The van der Waals surface area contributed by atoms with Crippen LogP contribution in [0.15, 0.2) is 24.3 Å². The molecule has 0 radical (unpaired) electrons. The van der Waals surface area contributed by atoms with Crippen LogP contribution in [0.2, 0.25) is 0 Å². The summed E-state index contributed by atoms with van der Waals surface area (Å²) >= 11 is 0. The fourth-order valence-corrected chi connectivity index (χ4v) is 2.20. The zero-order valence-electron chi connectivity index (χ0n) is 12.2. The maximum Gasteiger partial charge on any atom is 0.119 e. The van der Waals surface area contributed by atoms with Gasteiger partial charge in [-0.25, -0.2) is 0 Å². The third kappa shape index (κ3) is 5.49. The van der Waals surface area contributed by atoms with E-state index < -0.39 is 6.10 Å². The molecule has 0 saturated carbocycles. The van der Waals surface area contributed by atoms with Crippen LogP contribution in [0.5, 0.6) is 5.75 Å². The molecule has 1 unspecified atom stereocenters. The molecule has 0 amide bonds. The molecule has 1 aromatic rings. The van der Waals surface area contributed by atoms with Gasteiger partial charge in [-0.05, 0) is 44.2 Å². The van der Waals surface area contributed by atoms with Crippen molar-refractivity contribution in [1.29, 1.82) is 0 Å². The minimum Gasteiger partial charge on any atom is -0.491 e. The van der Waals surface area contributed by atoms with Gasteiger partial charge in [-0.3, -0.25) is 0 Å². The van der Waals surface area contributed by atoms with Crippen molar-refractivity contribution in [2.24, 2.45) is 0 Å². The van der Waals surface area contributed by atoms with Gasteiger partial charge < -0.3 is 20.5 Å². The molecular formula is C15H26N2O2. The van der Waals surface area contributed by atoms with Crippen LogP contribution in [0.25, 0.3) is 0 Å². The number of aliphatic hydroxyl groups is 1. The molecule has 4 nitrogen and oxygen atoms in total. The number of likely N-dealkylation sites (N-methyl/N-ethyl adjacent to an activating group) is 1. The van der Waals surface area contributed by atoms with E-state index in [2.05, 4.69) is 18.7 Å². The normalized spacial score (nSPS) is 12.9. The molecule has 108 valence electrons. The van der Waals surface area contributed by atoms with Gasteiger partial charge in [0.15, 0.2) is 0 Å². The second kappa shape index (κ2) is 8.02.